The lowest BCUT2D eigenvalue weighted by Crippen LogP contribution is -2.04. The summed E-state index contributed by atoms with van der Waals surface area (Å²) in [6.07, 6.45) is 3.73. The van der Waals surface area contributed by atoms with Gasteiger partial charge >= 0.3 is 0 Å². The molecule has 15 heavy (non-hydrogen) atoms. The Balaban J connectivity index is 2.50. The van der Waals surface area contributed by atoms with Crippen molar-refractivity contribution in [2.24, 2.45) is 0 Å². The van der Waals surface area contributed by atoms with Gasteiger partial charge < -0.3 is 0 Å². The molecule has 0 saturated carbocycles. The van der Waals surface area contributed by atoms with E-state index in [2.05, 4.69) is 69.1 Å². The molecule has 0 nitrogen and oxygen atoms in total. The van der Waals surface area contributed by atoms with E-state index >= 15 is 0 Å². The maximum Gasteiger partial charge on any atom is 0.0243 e. The summed E-state index contributed by atoms with van der Waals surface area (Å²) >= 11 is 7.16. The van der Waals surface area contributed by atoms with Crippen LogP contribution >= 0.6 is 31.9 Å². The van der Waals surface area contributed by atoms with Gasteiger partial charge in [0.1, 0.15) is 0 Å². The van der Waals surface area contributed by atoms with E-state index in [0.29, 0.717) is 10.7 Å². The average Bonchev–Trinajstić information content (AvgIpc) is 2.31. The van der Waals surface area contributed by atoms with E-state index in [9.17, 15) is 0 Å². The SMILES string of the molecule is CCC(CCC(Br)CBr)c1ccccc1. The summed E-state index contributed by atoms with van der Waals surface area (Å²) in [5, 5.41) is 1.04. The zero-order chi connectivity index (χ0) is 11.1. The molecule has 1 aromatic rings. The Morgan fingerprint density at radius 2 is 1.80 bits per heavy atom. The van der Waals surface area contributed by atoms with Crippen molar-refractivity contribution in [2.45, 2.75) is 36.9 Å². The topological polar surface area (TPSA) is 0 Å². The minimum Gasteiger partial charge on any atom is -0.0916 e. The maximum absolute atomic E-state index is 3.66. The van der Waals surface area contributed by atoms with Gasteiger partial charge in [-0.15, -0.1) is 0 Å². The van der Waals surface area contributed by atoms with Crippen LogP contribution in [0.25, 0.3) is 0 Å². The Morgan fingerprint density at radius 3 is 2.33 bits per heavy atom. The summed E-state index contributed by atoms with van der Waals surface area (Å²) in [4.78, 5) is 0.607. The quantitative estimate of drug-likeness (QED) is 0.634. The second-order valence-corrected chi connectivity index (χ2v) is 5.79. The van der Waals surface area contributed by atoms with Crippen molar-refractivity contribution >= 4 is 31.9 Å². The molecule has 0 aliphatic heterocycles. The number of hydrogen-bond donors (Lipinski definition) is 0. The van der Waals surface area contributed by atoms with Gasteiger partial charge in [-0.2, -0.15) is 0 Å². The normalized spacial score (nSPS) is 14.9. The van der Waals surface area contributed by atoms with E-state index in [1.165, 1.54) is 24.8 Å². The molecule has 0 bridgehead atoms. The van der Waals surface area contributed by atoms with Crippen molar-refractivity contribution in [2.75, 3.05) is 5.33 Å². The van der Waals surface area contributed by atoms with Crippen LogP contribution in [0.5, 0.6) is 0 Å². The van der Waals surface area contributed by atoms with Gasteiger partial charge in [-0.05, 0) is 30.7 Å². The van der Waals surface area contributed by atoms with E-state index in [1.807, 2.05) is 0 Å². The number of alkyl halides is 2. The molecule has 0 N–H and O–H groups in total. The molecule has 0 aliphatic carbocycles. The summed E-state index contributed by atoms with van der Waals surface area (Å²) in [5.74, 6) is 0.713. The Labute approximate surface area is 110 Å². The molecule has 0 aromatic heterocycles. The van der Waals surface area contributed by atoms with Crippen LogP contribution in [0, 0.1) is 0 Å². The third-order valence-electron chi connectivity index (χ3n) is 2.76. The lowest BCUT2D eigenvalue weighted by molar-refractivity contribution is 0.579. The Hall–Kier alpha value is 0.180. The molecule has 1 rings (SSSR count). The highest BCUT2D eigenvalue weighted by Crippen LogP contribution is 2.26. The van der Waals surface area contributed by atoms with E-state index in [-0.39, 0.29) is 0 Å². The molecule has 0 aliphatic rings. The van der Waals surface area contributed by atoms with Crippen molar-refractivity contribution in [1.29, 1.82) is 0 Å². The fourth-order valence-electron chi connectivity index (χ4n) is 1.79. The van der Waals surface area contributed by atoms with Gasteiger partial charge in [0.15, 0.2) is 0 Å². The lowest BCUT2D eigenvalue weighted by atomic mass is 9.91. The molecule has 0 heterocycles. The van der Waals surface area contributed by atoms with Crippen LogP contribution in [0.2, 0.25) is 0 Å². The molecule has 0 amide bonds. The van der Waals surface area contributed by atoms with Gasteiger partial charge in [0.05, 0.1) is 0 Å². The van der Waals surface area contributed by atoms with Gasteiger partial charge in [-0.1, -0.05) is 69.1 Å². The van der Waals surface area contributed by atoms with Crippen LogP contribution in [0.1, 0.15) is 37.7 Å². The highest BCUT2D eigenvalue weighted by atomic mass is 79.9. The molecule has 84 valence electrons. The lowest BCUT2D eigenvalue weighted by Gasteiger charge is -2.16. The van der Waals surface area contributed by atoms with E-state index in [4.69, 9.17) is 0 Å². The van der Waals surface area contributed by atoms with Gasteiger partial charge in [0.2, 0.25) is 0 Å². The van der Waals surface area contributed by atoms with Crippen molar-refractivity contribution < 1.29 is 0 Å². The predicted molar refractivity (Wildman–Crippen MR) is 75.2 cm³/mol. The summed E-state index contributed by atoms with van der Waals surface area (Å²) in [6, 6.07) is 10.8. The zero-order valence-corrected chi connectivity index (χ0v) is 12.3. The van der Waals surface area contributed by atoms with Gasteiger partial charge in [-0.3, -0.25) is 0 Å². The average molecular weight is 334 g/mol. The Morgan fingerprint density at radius 1 is 1.13 bits per heavy atom. The maximum atomic E-state index is 3.66. The largest absolute Gasteiger partial charge is 0.0916 e. The molecule has 2 atom stereocenters. The highest BCUT2D eigenvalue weighted by molar-refractivity contribution is 9.12. The first kappa shape index (κ1) is 13.2. The Bertz CT molecular complexity index is 258. The van der Waals surface area contributed by atoms with Gasteiger partial charge in [0.25, 0.3) is 0 Å². The third-order valence-corrected chi connectivity index (χ3v) is 5.19. The van der Waals surface area contributed by atoms with Gasteiger partial charge in [0, 0.05) is 10.2 Å². The van der Waals surface area contributed by atoms with Crippen molar-refractivity contribution in [3.05, 3.63) is 35.9 Å². The molecular formula is C13H18Br2. The van der Waals surface area contributed by atoms with Crippen molar-refractivity contribution in [3.8, 4) is 0 Å². The van der Waals surface area contributed by atoms with Crippen LogP contribution in [0.15, 0.2) is 30.3 Å². The molecule has 0 saturated heterocycles. The minimum atomic E-state index is 0.607. The molecular weight excluding hydrogens is 316 g/mol. The van der Waals surface area contributed by atoms with Crippen LogP contribution < -0.4 is 0 Å². The molecule has 0 spiro atoms. The number of halogens is 2. The van der Waals surface area contributed by atoms with Gasteiger partial charge in [-0.25, -0.2) is 0 Å². The standard InChI is InChI=1S/C13H18Br2/c1-2-11(8-9-13(15)10-14)12-6-4-3-5-7-12/h3-7,11,13H,2,8-10H2,1H3. The molecule has 1 aromatic carbocycles. The third kappa shape index (κ3) is 4.69. The Kier molecular flexibility index (Phi) is 6.58. The predicted octanol–water partition coefficient (Wildman–Crippen LogP) is 5.12. The molecule has 2 unspecified atom stereocenters. The minimum absolute atomic E-state index is 0.607. The van der Waals surface area contributed by atoms with Crippen LogP contribution in [-0.2, 0) is 0 Å². The smallest absolute Gasteiger partial charge is 0.0243 e. The van der Waals surface area contributed by atoms with Crippen molar-refractivity contribution in [3.63, 3.8) is 0 Å². The number of hydrogen-bond acceptors (Lipinski definition) is 0. The fraction of sp³-hybridized carbons (Fsp3) is 0.538. The monoisotopic (exact) mass is 332 g/mol. The zero-order valence-electron chi connectivity index (χ0n) is 9.13. The summed E-state index contributed by atoms with van der Waals surface area (Å²) in [6.45, 7) is 2.27. The summed E-state index contributed by atoms with van der Waals surface area (Å²) in [5.41, 5.74) is 1.48. The van der Waals surface area contributed by atoms with E-state index in [0.717, 1.165) is 5.33 Å². The van der Waals surface area contributed by atoms with E-state index in [1.54, 1.807) is 0 Å². The highest BCUT2D eigenvalue weighted by Gasteiger charge is 2.11. The first-order chi connectivity index (χ1) is 7.27. The second kappa shape index (κ2) is 7.45. The first-order valence-corrected chi connectivity index (χ1v) is 7.56. The second-order valence-electron chi connectivity index (χ2n) is 3.84. The fourth-order valence-corrected chi connectivity index (χ4v) is 2.38. The molecule has 2 heteroatoms. The van der Waals surface area contributed by atoms with Crippen LogP contribution in [-0.4, -0.2) is 10.2 Å². The summed E-state index contributed by atoms with van der Waals surface area (Å²) in [7, 11) is 0. The van der Waals surface area contributed by atoms with Crippen LogP contribution in [0.3, 0.4) is 0 Å². The summed E-state index contributed by atoms with van der Waals surface area (Å²) < 4.78 is 0. The van der Waals surface area contributed by atoms with Crippen molar-refractivity contribution in [1.82, 2.24) is 0 Å². The first-order valence-electron chi connectivity index (χ1n) is 5.52. The number of benzene rings is 1. The molecule has 0 fully saturated rings. The molecule has 0 radical (unpaired) electrons. The van der Waals surface area contributed by atoms with E-state index < -0.39 is 0 Å². The van der Waals surface area contributed by atoms with Crippen LogP contribution in [0.4, 0.5) is 0 Å². The number of rotatable bonds is 6.